The van der Waals surface area contributed by atoms with Crippen molar-refractivity contribution in [2.24, 2.45) is 0 Å². The Kier molecular flexibility index (Phi) is 4.11. The van der Waals surface area contributed by atoms with Gasteiger partial charge in [0.05, 0.1) is 18.3 Å². The summed E-state index contributed by atoms with van der Waals surface area (Å²) >= 11 is 0. The monoisotopic (exact) mass is 341 g/mol. The zero-order chi connectivity index (χ0) is 17.4. The fourth-order valence-electron chi connectivity index (χ4n) is 3.81. The minimum absolute atomic E-state index is 0.0688. The molecule has 2 aromatic rings. The molecule has 6 nitrogen and oxygen atoms in total. The van der Waals surface area contributed by atoms with Gasteiger partial charge in [0.15, 0.2) is 11.5 Å². The Morgan fingerprint density at radius 2 is 2.12 bits per heavy atom. The number of carbonyl (C=O) groups is 1. The fraction of sp³-hybridized carbons (Fsp3) is 0.474. The molecule has 6 heteroatoms. The van der Waals surface area contributed by atoms with Crippen LogP contribution >= 0.6 is 0 Å². The number of piperidine rings is 1. The van der Waals surface area contributed by atoms with Crippen molar-refractivity contribution in [3.63, 3.8) is 0 Å². The third-order valence-electron chi connectivity index (χ3n) is 4.99. The number of ether oxygens (including phenoxy) is 2. The van der Waals surface area contributed by atoms with Crippen molar-refractivity contribution in [2.75, 3.05) is 13.2 Å². The summed E-state index contributed by atoms with van der Waals surface area (Å²) in [5, 5.41) is 7.83. The van der Waals surface area contributed by atoms with Crippen LogP contribution in [0.15, 0.2) is 18.2 Å². The van der Waals surface area contributed by atoms with Gasteiger partial charge in [-0.25, -0.2) is 0 Å². The van der Waals surface area contributed by atoms with Crippen molar-refractivity contribution < 1.29 is 14.3 Å². The average molecular weight is 341 g/mol. The van der Waals surface area contributed by atoms with Crippen LogP contribution in [0.1, 0.15) is 47.8 Å². The lowest BCUT2D eigenvalue weighted by atomic mass is 9.96. The van der Waals surface area contributed by atoms with Gasteiger partial charge in [0, 0.05) is 23.2 Å². The summed E-state index contributed by atoms with van der Waals surface area (Å²) in [6, 6.07) is 6.03. The van der Waals surface area contributed by atoms with Crippen LogP contribution < -0.4 is 14.8 Å². The number of nitrogens with one attached hydrogen (secondary N) is 1. The minimum Gasteiger partial charge on any atom is -0.486 e. The first-order valence-corrected chi connectivity index (χ1v) is 8.84. The maximum Gasteiger partial charge on any atom is 0.220 e. The quantitative estimate of drug-likeness (QED) is 0.932. The van der Waals surface area contributed by atoms with Crippen LogP contribution in [-0.2, 0) is 11.3 Å². The second-order valence-electron chi connectivity index (χ2n) is 6.70. The number of nitrogens with zero attached hydrogens (tertiary/aromatic N) is 2. The van der Waals surface area contributed by atoms with E-state index in [2.05, 4.69) is 12.2 Å². The van der Waals surface area contributed by atoms with Crippen molar-refractivity contribution in [2.45, 2.75) is 45.7 Å². The maximum atomic E-state index is 11.8. The largest absolute Gasteiger partial charge is 0.486 e. The molecular formula is C19H23N3O3. The molecule has 25 heavy (non-hydrogen) atoms. The molecule has 1 N–H and O–H groups in total. The van der Waals surface area contributed by atoms with Crippen LogP contribution in [0.4, 0.5) is 0 Å². The van der Waals surface area contributed by atoms with E-state index in [1.165, 1.54) is 0 Å². The Bertz CT molecular complexity index is 812. The molecule has 1 aromatic carbocycles. The molecule has 1 aromatic heterocycles. The Balaban J connectivity index is 1.64. The molecule has 1 unspecified atom stereocenters. The zero-order valence-corrected chi connectivity index (χ0v) is 14.7. The highest BCUT2D eigenvalue weighted by atomic mass is 16.6. The molecule has 0 aliphatic carbocycles. The first kappa shape index (κ1) is 16.0. The SMILES string of the molecule is Cc1nn(Cc2cccc3c2OCCO3)c(C)c1C1CCCC(=O)N1. The van der Waals surface area contributed by atoms with Gasteiger partial charge >= 0.3 is 0 Å². The van der Waals surface area contributed by atoms with Crippen LogP contribution in [-0.4, -0.2) is 28.9 Å². The highest BCUT2D eigenvalue weighted by molar-refractivity contribution is 5.77. The summed E-state index contributed by atoms with van der Waals surface area (Å²) in [4.78, 5) is 11.8. The van der Waals surface area contributed by atoms with Crippen LogP contribution in [0.25, 0.3) is 0 Å². The summed E-state index contributed by atoms with van der Waals surface area (Å²) < 4.78 is 13.5. The number of amides is 1. The average Bonchev–Trinajstić information content (AvgIpc) is 2.89. The van der Waals surface area contributed by atoms with Gasteiger partial charge in [0.1, 0.15) is 13.2 Å². The lowest BCUT2D eigenvalue weighted by molar-refractivity contribution is -0.123. The Morgan fingerprint density at radius 3 is 2.96 bits per heavy atom. The predicted molar refractivity (Wildman–Crippen MR) is 93.0 cm³/mol. The molecule has 0 saturated carbocycles. The molecule has 1 atom stereocenters. The third-order valence-corrected chi connectivity index (χ3v) is 4.99. The molecule has 1 saturated heterocycles. The van der Waals surface area contributed by atoms with E-state index >= 15 is 0 Å². The predicted octanol–water partition coefficient (Wildman–Crippen LogP) is 2.66. The van der Waals surface area contributed by atoms with Crippen molar-refractivity contribution in [1.82, 2.24) is 15.1 Å². The molecule has 0 bridgehead atoms. The summed E-state index contributed by atoms with van der Waals surface area (Å²) in [5.74, 6) is 1.74. The Morgan fingerprint density at radius 1 is 1.28 bits per heavy atom. The molecule has 132 valence electrons. The zero-order valence-electron chi connectivity index (χ0n) is 14.7. The molecule has 3 heterocycles. The summed E-state index contributed by atoms with van der Waals surface area (Å²) in [7, 11) is 0. The highest BCUT2D eigenvalue weighted by Crippen LogP contribution is 2.35. The Labute approximate surface area is 147 Å². The summed E-state index contributed by atoms with van der Waals surface area (Å²) in [6.07, 6.45) is 2.52. The van der Waals surface area contributed by atoms with E-state index in [-0.39, 0.29) is 11.9 Å². The second kappa shape index (κ2) is 6.43. The van der Waals surface area contributed by atoms with Gasteiger partial charge in [0.25, 0.3) is 0 Å². The number of para-hydroxylation sites is 1. The van der Waals surface area contributed by atoms with E-state index in [1.54, 1.807) is 0 Å². The highest BCUT2D eigenvalue weighted by Gasteiger charge is 2.26. The van der Waals surface area contributed by atoms with Crippen LogP contribution in [0, 0.1) is 13.8 Å². The minimum atomic E-state index is 0.0688. The second-order valence-corrected chi connectivity index (χ2v) is 6.70. The molecule has 1 fully saturated rings. The van der Waals surface area contributed by atoms with Gasteiger partial charge < -0.3 is 14.8 Å². The number of carbonyl (C=O) groups excluding carboxylic acids is 1. The van der Waals surface area contributed by atoms with Crippen LogP contribution in [0.3, 0.4) is 0 Å². The van der Waals surface area contributed by atoms with Crippen molar-refractivity contribution in [1.29, 1.82) is 0 Å². The lowest BCUT2D eigenvalue weighted by Crippen LogP contribution is -2.33. The molecule has 1 amide bonds. The molecule has 0 radical (unpaired) electrons. The third kappa shape index (κ3) is 2.97. The number of fused-ring (bicyclic) bond motifs is 1. The Hall–Kier alpha value is -2.50. The first-order chi connectivity index (χ1) is 12.1. The molecule has 2 aliphatic rings. The van der Waals surface area contributed by atoms with E-state index < -0.39 is 0 Å². The summed E-state index contributed by atoms with van der Waals surface area (Å²) in [5.41, 5.74) is 4.28. The van der Waals surface area contributed by atoms with Crippen LogP contribution in [0.5, 0.6) is 11.5 Å². The number of aromatic nitrogens is 2. The lowest BCUT2D eigenvalue weighted by Gasteiger charge is -2.24. The van der Waals surface area contributed by atoms with E-state index in [0.29, 0.717) is 26.2 Å². The van der Waals surface area contributed by atoms with Crippen molar-refractivity contribution >= 4 is 5.91 Å². The van der Waals surface area contributed by atoms with Gasteiger partial charge in [-0.05, 0) is 32.8 Å². The number of benzene rings is 1. The van der Waals surface area contributed by atoms with Gasteiger partial charge in [-0.1, -0.05) is 12.1 Å². The van der Waals surface area contributed by atoms with Gasteiger partial charge in [-0.15, -0.1) is 0 Å². The number of rotatable bonds is 3. The number of aryl methyl sites for hydroxylation is 1. The van der Waals surface area contributed by atoms with Gasteiger partial charge in [-0.3, -0.25) is 9.48 Å². The smallest absolute Gasteiger partial charge is 0.220 e. The van der Waals surface area contributed by atoms with E-state index in [9.17, 15) is 4.79 Å². The first-order valence-electron chi connectivity index (χ1n) is 8.84. The molecule has 4 rings (SSSR count). The van der Waals surface area contributed by atoms with Crippen LogP contribution in [0.2, 0.25) is 0 Å². The number of hydrogen-bond acceptors (Lipinski definition) is 4. The fourth-order valence-corrected chi connectivity index (χ4v) is 3.81. The number of hydrogen-bond donors (Lipinski definition) is 1. The van der Waals surface area contributed by atoms with E-state index in [1.807, 2.05) is 29.8 Å². The standard InChI is InChI=1S/C19H23N3O3/c1-12-18(15-6-4-8-17(23)20-15)13(2)22(21-12)11-14-5-3-7-16-19(14)25-10-9-24-16/h3,5,7,15H,4,6,8-11H2,1-2H3,(H,20,23). The normalized spacial score (nSPS) is 19.6. The van der Waals surface area contributed by atoms with E-state index in [4.69, 9.17) is 14.6 Å². The van der Waals surface area contributed by atoms with E-state index in [0.717, 1.165) is 46.9 Å². The molecule has 0 spiro atoms. The van der Waals surface area contributed by atoms with Gasteiger partial charge in [-0.2, -0.15) is 5.10 Å². The maximum absolute atomic E-state index is 11.8. The topological polar surface area (TPSA) is 65.4 Å². The molecule has 2 aliphatic heterocycles. The van der Waals surface area contributed by atoms with Gasteiger partial charge in [0.2, 0.25) is 5.91 Å². The van der Waals surface area contributed by atoms with Crippen molar-refractivity contribution in [3.05, 3.63) is 40.7 Å². The molecular weight excluding hydrogens is 318 g/mol. The summed E-state index contributed by atoms with van der Waals surface area (Å²) in [6.45, 7) is 5.87. The van der Waals surface area contributed by atoms with Crippen molar-refractivity contribution in [3.8, 4) is 11.5 Å².